The van der Waals surface area contributed by atoms with Gasteiger partial charge in [-0.25, -0.2) is 9.59 Å². The van der Waals surface area contributed by atoms with Crippen LogP contribution in [0.2, 0.25) is 0 Å². The number of carbonyl (C=O) groups excluding carboxylic acids is 2. The molecule has 0 saturated carbocycles. The lowest BCUT2D eigenvalue weighted by Gasteiger charge is -2.23. The van der Waals surface area contributed by atoms with Gasteiger partial charge in [-0.15, -0.1) is 0 Å². The number of nitrogens with zero attached hydrogens (tertiary/aromatic N) is 2. The Kier molecular flexibility index (Phi) is 6.65. The van der Waals surface area contributed by atoms with Gasteiger partial charge in [0.1, 0.15) is 11.4 Å². The zero-order valence-electron chi connectivity index (χ0n) is 15.6. The molecule has 2 aromatic rings. The first-order chi connectivity index (χ1) is 12.8. The SMILES string of the molecule is COc1ccc(N=Nc2ccc(C(O[C]=O)C(=O)OC(C)(C)C)cc2)cc1. The Labute approximate surface area is 158 Å². The molecule has 0 fully saturated rings. The summed E-state index contributed by atoms with van der Waals surface area (Å²) in [5.41, 5.74) is 1.00. The molecule has 0 heterocycles. The zero-order valence-corrected chi connectivity index (χ0v) is 15.6. The van der Waals surface area contributed by atoms with E-state index in [1.807, 2.05) is 0 Å². The summed E-state index contributed by atoms with van der Waals surface area (Å²) < 4.78 is 15.1. The largest absolute Gasteiger partial charge is 0.497 e. The second-order valence-electron chi connectivity index (χ2n) is 6.60. The van der Waals surface area contributed by atoms with E-state index in [0.717, 1.165) is 5.75 Å². The van der Waals surface area contributed by atoms with Crippen molar-refractivity contribution in [3.8, 4) is 5.75 Å². The molecule has 2 rings (SSSR count). The minimum atomic E-state index is -1.19. The van der Waals surface area contributed by atoms with Crippen molar-refractivity contribution in [2.75, 3.05) is 7.11 Å². The molecule has 1 radical (unpaired) electrons. The third kappa shape index (κ3) is 6.22. The van der Waals surface area contributed by atoms with E-state index in [9.17, 15) is 9.59 Å². The predicted molar refractivity (Wildman–Crippen MR) is 99.0 cm³/mol. The van der Waals surface area contributed by atoms with Crippen molar-refractivity contribution in [3.05, 3.63) is 54.1 Å². The third-order valence-electron chi connectivity index (χ3n) is 3.34. The quantitative estimate of drug-likeness (QED) is 0.527. The predicted octanol–water partition coefficient (Wildman–Crippen LogP) is 4.58. The van der Waals surface area contributed by atoms with E-state index in [1.54, 1.807) is 76.4 Å². The van der Waals surface area contributed by atoms with Crippen molar-refractivity contribution >= 4 is 23.8 Å². The lowest BCUT2D eigenvalue weighted by molar-refractivity contribution is -0.164. The molecule has 0 amide bonds. The summed E-state index contributed by atoms with van der Waals surface area (Å²) in [6, 6.07) is 13.7. The van der Waals surface area contributed by atoms with E-state index < -0.39 is 17.7 Å². The third-order valence-corrected chi connectivity index (χ3v) is 3.34. The molecule has 0 aliphatic carbocycles. The number of esters is 1. The number of ether oxygens (including phenoxy) is 3. The number of benzene rings is 2. The molecule has 0 N–H and O–H groups in total. The van der Waals surface area contributed by atoms with E-state index in [1.165, 1.54) is 6.47 Å². The summed E-state index contributed by atoms with van der Waals surface area (Å²) in [5.74, 6) is 0.0666. The summed E-state index contributed by atoms with van der Waals surface area (Å²) >= 11 is 0. The van der Waals surface area contributed by atoms with Gasteiger partial charge in [-0.1, -0.05) is 12.1 Å². The summed E-state index contributed by atoms with van der Waals surface area (Å²) in [5, 5.41) is 8.26. The van der Waals surface area contributed by atoms with Crippen molar-refractivity contribution in [2.24, 2.45) is 10.2 Å². The molecule has 1 unspecified atom stereocenters. The topological polar surface area (TPSA) is 86.6 Å². The number of azo groups is 1. The van der Waals surface area contributed by atoms with E-state index in [2.05, 4.69) is 10.2 Å². The first-order valence-electron chi connectivity index (χ1n) is 8.24. The van der Waals surface area contributed by atoms with Crippen molar-refractivity contribution in [2.45, 2.75) is 32.5 Å². The lowest BCUT2D eigenvalue weighted by Crippen LogP contribution is -2.28. The fourth-order valence-electron chi connectivity index (χ4n) is 2.14. The maximum absolute atomic E-state index is 12.2. The highest BCUT2D eigenvalue weighted by atomic mass is 16.6. The van der Waals surface area contributed by atoms with Gasteiger partial charge < -0.3 is 14.2 Å². The molecule has 0 aliphatic heterocycles. The molecule has 0 aromatic heterocycles. The first kappa shape index (κ1) is 20.1. The standard InChI is InChI=1S/C20H21N2O5/c1-20(2,3)27-19(24)18(26-13-23)14-5-7-15(8-6-14)21-22-16-9-11-17(25-4)12-10-16/h5-12,18H,1-4H3. The van der Waals surface area contributed by atoms with Gasteiger partial charge in [-0.3, -0.25) is 0 Å². The molecule has 7 nitrogen and oxygen atoms in total. The number of carbonyl (C=O) groups is 1. The van der Waals surface area contributed by atoms with Crippen LogP contribution in [0.3, 0.4) is 0 Å². The average Bonchev–Trinajstić information content (AvgIpc) is 2.64. The minimum Gasteiger partial charge on any atom is -0.497 e. The van der Waals surface area contributed by atoms with Crippen LogP contribution >= 0.6 is 0 Å². The molecule has 27 heavy (non-hydrogen) atoms. The van der Waals surface area contributed by atoms with Gasteiger partial charge in [-0.05, 0) is 57.2 Å². The van der Waals surface area contributed by atoms with Crippen molar-refractivity contribution in [1.82, 2.24) is 0 Å². The van der Waals surface area contributed by atoms with Gasteiger partial charge in [0.25, 0.3) is 0 Å². The van der Waals surface area contributed by atoms with Crippen LogP contribution in [0, 0.1) is 0 Å². The summed E-state index contributed by atoms with van der Waals surface area (Å²) in [7, 11) is 1.59. The Morgan fingerprint density at radius 2 is 1.48 bits per heavy atom. The van der Waals surface area contributed by atoms with Gasteiger partial charge in [-0.2, -0.15) is 10.2 Å². The fourth-order valence-corrected chi connectivity index (χ4v) is 2.14. The Bertz CT molecular complexity index is 793. The van der Waals surface area contributed by atoms with Crippen LogP contribution in [0.1, 0.15) is 32.4 Å². The van der Waals surface area contributed by atoms with Crippen molar-refractivity contribution in [1.29, 1.82) is 0 Å². The molecular formula is C20H21N2O5. The number of hydrogen-bond donors (Lipinski definition) is 0. The summed E-state index contributed by atoms with van der Waals surface area (Å²) in [6.45, 7) is 6.49. The maximum atomic E-state index is 12.2. The van der Waals surface area contributed by atoms with Crippen molar-refractivity contribution < 1.29 is 23.8 Å². The molecule has 0 bridgehead atoms. The summed E-state index contributed by atoms with van der Waals surface area (Å²) in [6.07, 6.45) is -1.19. The molecule has 1 atom stereocenters. The normalized spacial score (nSPS) is 12.4. The monoisotopic (exact) mass is 369 g/mol. The highest BCUT2D eigenvalue weighted by Gasteiger charge is 2.28. The molecule has 0 saturated heterocycles. The van der Waals surface area contributed by atoms with Crippen LogP contribution < -0.4 is 4.74 Å². The second kappa shape index (κ2) is 8.93. The van der Waals surface area contributed by atoms with Gasteiger partial charge in [0, 0.05) is 5.56 Å². The Morgan fingerprint density at radius 3 is 1.93 bits per heavy atom. The van der Waals surface area contributed by atoms with Crippen LogP contribution in [0.4, 0.5) is 11.4 Å². The molecule has 7 heteroatoms. The van der Waals surface area contributed by atoms with Crippen LogP contribution in [-0.4, -0.2) is 25.2 Å². The number of rotatable bonds is 7. The van der Waals surface area contributed by atoms with E-state index in [4.69, 9.17) is 14.2 Å². The molecule has 2 aromatic carbocycles. The molecule has 0 spiro atoms. The lowest BCUT2D eigenvalue weighted by atomic mass is 10.1. The first-order valence-corrected chi connectivity index (χ1v) is 8.24. The van der Waals surface area contributed by atoms with Crippen molar-refractivity contribution in [3.63, 3.8) is 0 Å². The van der Waals surface area contributed by atoms with Crippen LogP contribution in [0.5, 0.6) is 5.75 Å². The zero-order chi connectivity index (χ0) is 19.9. The van der Waals surface area contributed by atoms with E-state index in [-0.39, 0.29) is 0 Å². The summed E-state index contributed by atoms with van der Waals surface area (Å²) in [4.78, 5) is 22.9. The Balaban J connectivity index is 2.12. The highest BCUT2D eigenvalue weighted by Crippen LogP contribution is 2.25. The average molecular weight is 369 g/mol. The van der Waals surface area contributed by atoms with Gasteiger partial charge in [0.05, 0.1) is 18.5 Å². The molecule has 141 valence electrons. The maximum Gasteiger partial charge on any atom is 0.418 e. The fraction of sp³-hybridized carbons (Fsp3) is 0.300. The van der Waals surface area contributed by atoms with Gasteiger partial charge in [0.2, 0.25) is 6.10 Å². The van der Waals surface area contributed by atoms with Crippen LogP contribution in [-0.2, 0) is 19.1 Å². The van der Waals surface area contributed by atoms with E-state index in [0.29, 0.717) is 16.9 Å². The Hall–Kier alpha value is -3.22. The minimum absolute atomic E-state index is 0.455. The Morgan fingerprint density at radius 1 is 0.963 bits per heavy atom. The van der Waals surface area contributed by atoms with Crippen LogP contribution in [0.25, 0.3) is 0 Å². The number of hydrogen-bond acceptors (Lipinski definition) is 7. The van der Waals surface area contributed by atoms with Gasteiger partial charge in [0.15, 0.2) is 0 Å². The number of methoxy groups -OCH3 is 1. The van der Waals surface area contributed by atoms with Crippen LogP contribution in [0.15, 0.2) is 58.8 Å². The molecule has 0 aliphatic rings. The highest BCUT2D eigenvalue weighted by molar-refractivity contribution is 5.78. The smallest absolute Gasteiger partial charge is 0.418 e. The van der Waals surface area contributed by atoms with Gasteiger partial charge >= 0.3 is 12.4 Å². The second-order valence-corrected chi connectivity index (χ2v) is 6.60. The molecular weight excluding hydrogens is 348 g/mol. The van der Waals surface area contributed by atoms with E-state index >= 15 is 0 Å².